The third kappa shape index (κ3) is 3.60. The zero-order chi connectivity index (χ0) is 13.8. The number of anilines is 1. The number of hydrogen-bond donors (Lipinski definition) is 1. The highest BCUT2D eigenvalue weighted by atomic mass is 32.2. The molecular weight excluding hydrogens is 261 g/mol. The largest absolute Gasteiger partial charge is 0.353 e. The fraction of sp³-hybridized carbons (Fsp3) is 0.643. The number of thioether (sulfide) groups is 1. The second-order valence-electron chi connectivity index (χ2n) is 5.27. The minimum absolute atomic E-state index is 0.185. The molecule has 1 aromatic heterocycles. The van der Waals surface area contributed by atoms with Crippen molar-refractivity contribution < 1.29 is 4.39 Å². The molecule has 1 atom stereocenters. The van der Waals surface area contributed by atoms with Gasteiger partial charge in [-0.25, -0.2) is 9.37 Å². The van der Waals surface area contributed by atoms with E-state index in [9.17, 15) is 4.39 Å². The minimum Gasteiger partial charge on any atom is -0.353 e. The van der Waals surface area contributed by atoms with Crippen molar-refractivity contribution in [2.75, 3.05) is 23.5 Å². The van der Waals surface area contributed by atoms with Gasteiger partial charge in [0.1, 0.15) is 0 Å². The predicted molar refractivity (Wildman–Crippen MR) is 80.3 cm³/mol. The molecule has 2 heterocycles. The van der Waals surface area contributed by atoms with Gasteiger partial charge in [0.2, 0.25) is 0 Å². The lowest BCUT2D eigenvalue weighted by Gasteiger charge is -2.25. The lowest BCUT2D eigenvalue weighted by molar-refractivity contribution is 0.544. The Balaban J connectivity index is 2.14. The van der Waals surface area contributed by atoms with E-state index in [4.69, 9.17) is 0 Å². The van der Waals surface area contributed by atoms with E-state index in [0.717, 1.165) is 17.9 Å². The number of rotatable bonds is 5. The maximum Gasteiger partial charge on any atom is 0.170 e. The van der Waals surface area contributed by atoms with Gasteiger partial charge in [-0.3, -0.25) is 0 Å². The van der Waals surface area contributed by atoms with Gasteiger partial charge in [0.05, 0.1) is 0 Å². The Kier molecular flexibility index (Phi) is 5.05. The number of nitrogens with one attached hydrogen (secondary N) is 1. The van der Waals surface area contributed by atoms with Crippen molar-refractivity contribution in [3.05, 3.63) is 23.6 Å². The summed E-state index contributed by atoms with van der Waals surface area (Å²) in [6.45, 7) is 4.66. The first-order valence-corrected chi connectivity index (χ1v) is 7.92. The summed E-state index contributed by atoms with van der Waals surface area (Å²) in [5.74, 6) is 2.52. The Morgan fingerprint density at radius 3 is 3.00 bits per heavy atom. The minimum atomic E-state index is -0.185. The van der Waals surface area contributed by atoms with E-state index in [1.807, 2.05) is 23.7 Å². The smallest absolute Gasteiger partial charge is 0.170 e. The Bertz CT molecular complexity index is 419. The molecule has 1 aliphatic heterocycles. The Labute approximate surface area is 119 Å². The number of hydrogen-bond acceptors (Lipinski definition) is 4. The highest BCUT2D eigenvalue weighted by Crippen LogP contribution is 2.27. The molecule has 3 nitrogen and oxygen atoms in total. The quantitative estimate of drug-likeness (QED) is 0.899. The molecule has 5 heteroatoms. The molecule has 0 spiro atoms. The summed E-state index contributed by atoms with van der Waals surface area (Å²) >= 11 is 1.93. The molecule has 1 fully saturated rings. The van der Waals surface area contributed by atoms with Crippen LogP contribution in [0.2, 0.25) is 0 Å². The van der Waals surface area contributed by atoms with Crippen molar-refractivity contribution in [3.63, 3.8) is 0 Å². The van der Waals surface area contributed by atoms with Gasteiger partial charge in [-0.1, -0.05) is 13.8 Å². The highest BCUT2D eigenvalue weighted by molar-refractivity contribution is 7.99. The Morgan fingerprint density at radius 2 is 2.37 bits per heavy atom. The van der Waals surface area contributed by atoms with Crippen molar-refractivity contribution in [1.29, 1.82) is 0 Å². The Morgan fingerprint density at radius 1 is 1.58 bits per heavy atom. The lowest BCUT2D eigenvalue weighted by Crippen LogP contribution is -2.33. The topological polar surface area (TPSA) is 28.2 Å². The van der Waals surface area contributed by atoms with Crippen LogP contribution in [0.4, 0.5) is 10.2 Å². The molecule has 0 radical (unpaired) electrons. The van der Waals surface area contributed by atoms with Gasteiger partial charge >= 0.3 is 0 Å². The fourth-order valence-corrected chi connectivity index (χ4v) is 3.44. The first kappa shape index (κ1) is 14.6. The summed E-state index contributed by atoms with van der Waals surface area (Å²) in [6.07, 6.45) is 2.81. The van der Waals surface area contributed by atoms with Gasteiger partial charge in [0.25, 0.3) is 0 Å². The summed E-state index contributed by atoms with van der Waals surface area (Å²) < 4.78 is 14.5. The van der Waals surface area contributed by atoms with Crippen LogP contribution in [0.3, 0.4) is 0 Å². The zero-order valence-electron chi connectivity index (χ0n) is 11.8. The maximum atomic E-state index is 14.5. The molecule has 0 aromatic carbocycles. The van der Waals surface area contributed by atoms with Crippen LogP contribution in [-0.2, 0) is 6.54 Å². The average Bonchev–Trinajstić information content (AvgIpc) is 2.90. The third-order valence-electron chi connectivity index (χ3n) is 3.44. The molecule has 19 heavy (non-hydrogen) atoms. The molecule has 2 rings (SSSR count). The normalized spacial score (nSPS) is 19.1. The molecule has 0 amide bonds. The first-order valence-electron chi connectivity index (χ1n) is 6.77. The van der Waals surface area contributed by atoms with Crippen LogP contribution in [0.5, 0.6) is 0 Å². The van der Waals surface area contributed by atoms with Crippen LogP contribution >= 0.6 is 11.8 Å². The van der Waals surface area contributed by atoms with Crippen molar-refractivity contribution in [1.82, 2.24) is 10.3 Å². The van der Waals surface area contributed by atoms with Gasteiger partial charge < -0.3 is 10.2 Å². The highest BCUT2D eigenvalue weighted by Gasteiger charge is 2.24. The summed E-state index contributed by atoms with van der Waals surface area (Å²) in [5, 5.41) is 3.25. The van der Waals surface area contributed by atoms with Crippen LogP contribution in [0.15, 0.2) is 12.3 Å². The van der Waals surface area contributed by atoms with E-state index < -0.39 is 0 Å². The van der Waals surface area contributed by atoms with Crippen LogP contribution in [0, 0.1) is 5.82 Å². The van der Waals surface area contributed by atoms with Crippen LogP contribution in [0.25, 0.3) is 0 Å². The van der Waals surface area contributed by atoms with E-state index >= 15 is 0 Å². The number of nitrogens with zero attached hydrogens (tertiary/aromatic N) is 2. The van der Waals surface area contributed by atoms with Crippen LogP contribution < -0.4 is 10.2 Å². The maximum absolute atomic E-state index is 14.5. The molecule has 1 saturated heterocycles. The standard InChI is InChI=1S/C14H22FN3S/c1-10(2)17-8-11-4-6-16-14(13(11)15)18(3)12-5-7-19-9-12/h4,6,10,12,17H,5,7-9H2,1-3H3. The van der Waals surface area contributed by atoms with E-state index in [2.05, 4.69) is 24.1 Å². The lowest BCUT2D eigenvalue weighted by atomic mass is 10.2. The van der Waals surface area contributed by atoms with Crippen molar-refractivity contribution in [3.8, 4) is 0 Å². The van der Waals surface area contributed by atoms with Crippen molar-refractivity contribution in [2.45, 2.75) is 38.9 Å². The van der Waals surface area contributed by atoms with Crippen LogP contribution in [0.1, 0.15) is 25.8 Å². The SMILES string of the molecule is CC(C)NCc1ccnc(N(C)C2CCSC2)c1F. The molecule has 1 N–H and O–H groups in total. The van der Waals surface area contributed by atoms with Crippen molar-refractivity contribution >= 4 is 17.6 Å². The molecule has 0 saturated carbocycles. The molecule has 0 bridgehead atoms. The number of pyridine rings is 1. The van der Waals surface area contributed by atoms with Gasteiger partial charge in [-0.15, -0.1) is 0 Å². The summed E-state index contributed by atoms with van der Waals surface area (Å²) in [7, 11) is 1.95. The second kappa shape index (κ2) is 6.57. The van der Waals surface area contributed by atoms with Gasteiger partial charge in [0, 0.05) is 43.2 Å². The zero-order valence-corrected chi connectivity index (χ0v) is 12.6. The monoisotopic (exact) mass is 283 g/mol. The van der Waals surface area contributed by atoms with Gasteiger partial charge in [0.15, 0.2) is 11.6 Å². The molecule has 1 aromatic rings. The van der Waals surface area contributed by atoms with E-state index in [0.29, 0.717) is 30.0 Å². The van der Waals surface area contributed by atoms with Gasteiger partial charge in [-0.05, 0) is 18.2 Å². The molecule has 106 valence electrons. The fourth-order valence-electron chi connectivity index (χ4n) is 2.17. The molecule has 1 aliphatic rings. The summed E-state index contributed by atoms with van der Waals surface area (Å²) in [5.41, 5.74) is 0.691. The average molecular weight is 283 g/mol. The summed E-state index contributed by atoms with van der Waals surface area (Å²) in [4.78, 5) is 6.22. The number of aromatic nitrogens is 1. The molecule has 1 unspecified atom stereocenters. The van der Waals surface area contributed by atoms with Crippen LogP contribution in [-0.4, -0.2) is 35.6 Å². The van der Waals surface area contributed by atoms with E-state index in [1.54, 1.807) is 12.3 Å². The van der Waals surface area contributed by atoms with Crippen molar-refractivity contribution in [2.24, 2.45) is 0 Å². The summed E-state index contributed by atoms with van der Waals surface area (Å²) in [6, 6.07) is 2.51. The van der Waals surface area contributed by atoms with Gasteiger partial charge in [-0.2, -0.15) is 11.8 Å². The Hall–Kier alpha value is -0.810. The van der Waals surface area contributed by atoms with E-state index in [1.165, 1.54) is 0 Å². The number of halogens is 1. The molecule has 0 aliphatic carbocycles. The van der Waals surface area contributed by atoms with E-state index in [-0.39, 0.29) is 5.82 Å². The second-order valence-corrected chi connectivity index (χ2v) is 6.42. The third-order valence-corrected chi connectivity index (χ3v) is 4.58. The first-order chi connectivity index (χ1) is 9.09. The molecular formula is C14H22FN3S. The predicted octanol–water partition coefficient (Wildman–Crippen LogP) is 2.66.